The number of halogens is 1. The van der Waals surface area contributed by atoms with Crippen molar-refractivity contribution in [3.63, 3.8) is 0 Å². The number of fused-ring (bicyclic) bond motifs is 1. The molecule has 2 N–H and O–H groups in total. The molecule has 24 heavy (non-hydrogen) atoms. The van der Waals surface area contributed by atoms with Crippen LogP contribution in [0.4, 0.5) is 5.69 Å². The number of pyridine rings is 1. The second kappa shape index (κ2) is 6.98. The number of hydrogen-bond acceptors (Lipinski definition) is 3. The number of carbonyl (C=O) groups is 1. The Balaban J connectivity index is 1.93. The molecular weight excluding hydrogens is 372 g/mol. The summed E-state index contributed by atoms with van der Waals surface area (Å²) in [7, 11) is 1.58. The number of aromatic amines is 1. The average molecular weight is 387 g/mol. The fourth-order valence-corrected chi connectivity index (χ4v) is 2.92. The number of ether oxygens (including phenoxy) is 1. The second-order valence-electron chi connectivity index (χ2n) is 5.32. The Bertz CT molecular complexity index is 966. The van der Waals surface area contributed by atoms with Gasteiger partial charge in [0, 0.05) is 34.3 Å². The van der Waals surface area contributed by atoms with Crippen molar-refractivity contribution in [1.29, 1.82) is 0 Å². The van der Waals surface area contributed by atoms with Gasteiger partial charge in [0.15, 0.2) is 0 Å². The first-order valence-corrected chi connectivity index (χ1v) is 8.08. The minimum Gasteiger partial charge on any atom is -0.380 e. The number of carbonyl (C=O) groups excluding carboxylic acids is 1. The van der Waals surface area contributed by atoms with Gasteiger partial charge < -0.3 is 15.0 Å². The lowest BCUT2D eigenvalue weighted by Crippen LogP contribution is -2.12. The van der Waals surface area contributed by atoms with Gasteiger partial charge in [-0.25, -0.2) is 0 Å². The molecule has 3 rings (SSSR count). The van der Waals surface area contributed by atoms with Crippen molar-refractivity contribution in [2.24, 2.45) is 0 Å². The number of nitrogens with one attached hydrogen (secondary N) is 2. The Hall–Kier alpha value is -2.44. The molecule has 0 saturated heterocycles. The third-order valence-electron chi connectivity index (χ3n) is 3.57. The number of hydrogen-bond donors (Lipinski definition) is 2. The number of rotatable bonds is 4. The quantitative estimate of drug-likeness (QED) is 0.718. The molecule has 0 atom stereocenters. The summed E-state index contributed by atoms with van der Waals surface area (Å²) >= 11 is 3.35. The van der Waals surface area contributed by atoms with E-state index < -0.39 is 0 Å². The van der Waals surface area contributed by atoms with Crippen LogP contribution in [-0.2, 0) is 11.3 Å². The number of anilines is 1. The predicted molar refractivity (Wildman–Crippen MR) is 97.4 cm³/mol. The SMILES string of the molecule is COCc1cc(=O)[nH]c2cc(NC(=O)c3cccc(Br)c3)ccc12. The molecule has 1 heterocycles. The number of aromatic nitrogens is 1. The fraction of sp³-hybridized carbons (Fsp3) is 0.111. The highest BCUT2D eigenvalue weighted by atomic mass is 79.9. The van der Waals surface area contributed by atoms with Gasteiger partial charge in [0.1, 0.15) is 0 Å². The van der Waals surface area contributed by atoms with E-state index >= 15 is 0 Å². The molecule has 0 aliphatic heterocycles. The molecule has 0 bridgehead atoms. The van der Waals surface area contributed by atoms with E-state index in [1.165, 1.54) is 6.07 Å². The van der Waals surface area contributed by atoms with Crippen molar-refractivity contribution < 1.29 is 9.53 Å². The molecule has 5 nitrogen and oxygen atoms in total. The summed E-state index contributed by atoms with van der Waals surface area (Å²) in [6, 6.07) is 14.1. The first-order chi connectivity index (χ1) is 11.6. The molecule has 0 saturated carbocycles. The Morgan fingerprint density at radius 2 is 2.04 bits per heavy atom. The number of benzene rings is 2. The lowest BCUT2D eigenvalue weighted by atomic mass is 10.1. The van der Waals surface area contributed by atoms with Crippen molar-refractivity contribution in [2.75, 3.05) is 12.4 Å². The van der Waals surface area contributed by atoms with Crippen molar-refractivity contribution in [1.82, 2.24) is 4.98 Å². The van der Waals surface area contributed by atoms with E-state index in [1.54, 1.807) is 37.4 Å². The maximum atomic E-state index is 12.3. The Labute approximate surface area is 146 Å². The third kappa shape index (κ3) is 3.55. The highest BCUT2D eigenvalue weighted by Crippen LogP contribution is 2.21. The molecule has 6 heteroatoms. The van der Waals surface area contributed by atoms with Crippen LogP contribution in [0, 0.1) is 0 Å². The zero-order valence-electron chi connectivity index (χ0n) is 12.9. The largest absolute Gasteiger partial charge is 0.380 e. The van der Waals surface area contributed by atoms with E-state index in [0.29, 0.717) is 23.4 Å². The van der Waals surface area contributed by atoms with Gasteiger partial charge in [0.05, 0.1) is 12.1 Å². The normalized spacial score (nSPS) is 10.8. The molecule has 0 aliphatic carbocycles. The molecule has 3 aromatic rings. The summed E-state index contributed by atoms with van der Waals surface area (Å²) in [6.07, 6.45) is 0. The summed E-state index contributed by atoms with van der Waals surface area (Å²) in [4.78, 5) is 26.9. The minimum atomic E-state index is -0.217. The van der Waals surface area contributed by atoms with E-state index in [1.807, 2.05) is 12.1 Å². The van der Waals surface area contributed by atoms with E-state index in [4.69, 9.17) is 4.74 Å². The molecule has 0 spiro atoms. The van der Waals surface area contributed by atoms with E-state index in [2.05, 4.69) is 26.2 Å². The van der Waals surface area contributed by atoms with Crippen molar-refractivity contribution in [3.8, 4) is 0 Å². The first-order valence-electron chi connectivity index (χ1n) is 7.28. The van der Waals surface area contributed by atoms with E-state index in [-0.39, 0.29) is 11.5 Å². The molecule has 0 aliphatic rings. The zero-order valence-corrected chi connectivity index (χ0v) is 14.5. The van der Waals surface area contributed by atoms with Gasteiger partial charge in [-0.3, -0.25) is 9.59 Å². The summed E-state index contributed by atoms with van der Waals surface area (Å²) in [6.45, 7) is 0.351. The average Bonchev–Trinajstić information content (AvgIpc) is 2.54. The summed E-state index contributed by atoms with van der Waals surface area (Å²) in [5.74, 6) is -0.217. The highest BCUT2D eigenvalue weighted by Gasteiger charge is 2.09. The molecular formula is C18H15BrN2O3. The third-order valence-corrected chi connectivity index (χ3v) is 4.07. The fourth-order valence-electron chi connectivity index (χ4n) is 2.52. The summed E-state index contributed by atoms with van der Waals surface area (Å²) in [5.41, 5.74) is 2.41. The monoisotopic (exact) mass is 386 g/mol. The maximum Gasteiger partial charge on any atom is 0.255 e. The summed E-state index contributed by atoms with van der Waals surface area (Å²) in [5, 5.41) is 3.72. The molecule has 0 unspecified atom stereocenters. The topological polar surface area (TPSA) is 71.2 Å². The van der Waals surface area contributed by atoms with Crippen molar-refractivity contribution in [3.05, 3.63) is 74.5 Å². The molecule has 1 aromatic heterocycles. The van der Waals surface area contributed by atoms with Crippen molar-refractivity contribution >= 4 is 38.4 Å². The molecule has 122 valence electrons. The number of methoxy groups -OCH3 is 1. The van der Waals surface area contributed by atoms with Crippen LogP contribution in [0.3, 0.4) is 0 Å². The Morgan fingerprint density at radius 1 is 1.21 bits per heavy atom. The minimum absolute atomic E-state index is 0.204. The van der Waals surface area contributed by atoms with Crippen LogP contribution < -0.4 is 10.9 Å². The van der Waals surface area contributed by atoms with Crippen LogP contribution in [-0.4, -0.2) is 18.0 Å². The highest BCUT2D eigenvalue weighted by molar-refractivity contribution is 9.10. The maximum absolute atomic E-state index is 12.3. The Morgan fingerprint density at radius 3 is 2.79 bits per heavy atom. The van der Waals surface area contributed by atoms with Crippen LogP contribution in [0.1, 0.15) is 15.9 Å². The second-order valence-corrected chi connectivity index (χ2v) is 6.23. The molecule has 2 aromatic carbocycles. The van der Waals surface area contributed by atoms with Crippen LogP contribution in [0.2, 0.25) is 0 Å². The van der Waals surface area contributed by atoms with Gasteiger partial charge in [0.2, 0.25) is 5.56 Å². The van der Waals surface area contributed by atoms with Crippen LogP contribution in [0.5, 0.6) is 0 Å². The van der Waals surface area contributed by atoms with Gasteiger partial charge in [-0.05, 0) is 35.9 Å². The van der Waals surface area contributed by atoms with Crippen LogP contribution in [0.15, 0.2) is 57.8 Å². The van der Waals surface area contributed by atoms with E-state index in [0.717, 1.165) is 15.4 Å². The van der Waals surface area contributed by atoms with Crippen LogP contribution in [0.25, 0.3) is 10.9 Å². The van der Waals surface area contributed by atoms with Gasteiger partial charge in [0.25, 0.3) is 5.91 Å². The lowest BCUT2D eigenvalue weighted by molar-refractivity contribution is 0.102. The van der Waals surface area contributed by atoms with Gasteiger partial charge >= 0.3 is 0 Å². The Kier molecular flexibility index (Phi) is 4.78. The van der Waals surface area contributed by atoms with Gasteiger partial charge in [-0.15, -0.1) is 0 Å². The van der Waals surface area contributed by atoms with Crippen molar-refractivity contribution in [2.45, 2.75) is 6.61 Å². The smallest absolute Gasteiger partial charge is 0.255 e. The molecule has 1 amide bonds. The van der Waals surface area contributed by atoms with Crippen LogP contribution >= 0.6 is 15.9 Å². The van der Waals surface area contributed by atoms with E-state index in [9.17, 15) is 9.59 Å². The molecule has 0 radical (unpaired) electrons. The first kappa shape index (κ1) is 16.4. The standard InChI is InChI=1S/C18H15BrN2O3/c1-24-10-12-8-17(22)21-16-9-14(5-6-15(12)16)20-18(23)11-3-2-4-13(19)7-11/h2-9H,10H2,1H3,(H,20,23)(H,21,22). The lowest BCUT2D eigenvalue weighted by Gasteiger charge is -2.09. The van der Waals surface area contributed by atoms with Gasteiger partial charge in [-0.2, -0.15) is 0 Å². The predicted octanol–water partition coefficient (Wildman–Crippen LogP) is 3.69. The number of amides is 1. The molecule has 0 fully saturated rings. The zero-order chi connectivity index (χ0) is 17.1. The number of H-pyrrole nitrogens is 1. The van der Waals surface area contributed by atoms with Gasteiger partial charge in [-0.1, -0.05) is 28.1 Å². The summed E-state index contributed by atoms with van der Waals surface area (Å²) < 4.78 is 5.96.